The summed E-state index contributed by atoms with van der Waals surface area (Å²) in [4.78, 5) is 0. The summed E-state index contributed by atoms with van der Waals surface area (Å²) >= 11 is 0. The lowest BCUT2D eigenvalue weighted by atomic mass is 9.92. The number of nitrogens with two attached hydrogens (primary N) is 1. The summed E-state index contributed by atoms with van der Waals surface area (Å²) in [6, 6.07) is 4.92. The van der Waals surface area contributed by atoms with E-state index >= 15 is 0 Å². The van der Waals surface area contributed by atoms with Gasteiger partial charge in [0.25, 0.3) is 0 Å². The molecule has 0 aliphatic carbocycles. The second-order valence-corrected chi connectivity index (χ2v) is 4.31. The van der Waals surface area contributed by atoms with E-state index in [1.54, 1.807) is 13.2 Å². The Balaban J connectivity index is 2.75. The standard InChI is InChI=1S/C13H20FNO/c1-9-4-5-11(12(14)8-9)13(15)10(2)6-7-16-3/h4-5,8,10,13H,6-7,15H2,1-3H3. The Bertz CT molecular complexity index is 341. The Labute approximate surface area is 96.6 Å². The SMILES string of the molecule is COCCC(C)C(N)c1ccc(C)cc1F. The first kappa shape index (κ1) is 13.1. The van der Waals surface area contributed by atoms with E-state index in [1.165, 1.54) is 6.07 Å². The molecule has 90 valence electrons. The molecule has 2 nitrogen and oxygen atoms in total. The van der Waals surface area contributed by atoms with Crippen molar-refractivity contribution in [2.75, 3.05) is 13.7 Å². The topological polar surface area (TPSA) is 35.2 Å². The van der Waals surface area contributed by atoms with Crippen LogP contribution in [-0.2, 0) is 4.74 Å². The van der Waals surface area contributed by atoms with Crippen molar-refractivity contribution < 1.29 is 9.13 Å². The number of aryl methyl sites for hydroxylation is 1. The van der Waals surface area contributed by atoms with Crippen molar-refractivity contribution in [2.24, 2.45) is 11.7 Å². The Hall–Kier alpha value is -0.930. The smallest absolute Gasteiger partial charge is 0.128 e. The van der Waals surface area contributed by atoms with Crippen molar-refractivity contribution in [1.29, 1.82) is 0 Å². The molecule has 1 rings (SSSR count). The Morgan fingerprint density at radius 3 is 2.69 bits per heavy atom. The maximum absolute atomic E-state index is 13.7. The van der Waals surface area contributed by atoms with Crippen LogP contribution < -0.4 is 5.73 Å². The van der Waals surface area contributed by atoms with Crippen molar-refractivity contribution in [3.8, 4) is 0 Å². The van der Waals surface area contributed by atoms with E-state index in [4.69, 9.17) is 10.5 Å². The fourth-order valence-electron chi connectivity index (χ4n) is 1.69. The van der Waals surface area contributed by atoms with Gasteiger partial charge in [0.15, 0.2) is 0 Å². The Kier molecular flexibility index (Phi) is 4.90. The maximum atomic E-state index is 13.7. The molecule has 0 fully saturated rings. The normalized spacial score (nSPS) is 14.8. The van der Waals surface area contributed by atoms with Gasteiger partial charge < -0.3 is 10.5 Å². The summed E-state index contributed by atoms with van der Waals surface area (Å²) < 4.78 is 18.7. The molecule has 2 atom stereocenters. The van der Waals surface area contributed by atoms with Gasteiger partial charge in [-0.1, -0.05) is 19.1 Å². The molecule has 1 aromatic rings. The minimum atomic E-state index is -0.268. The van der Waals surface area contributed by atoms with Crippen LogP contribution in [0.4, 0.5) is 4.39 Å². The van der Waals surface area contributed by atoms with Gasteiger partial charge in [0.05, 0.1) is 0 Å². The molecular formula is C13H20FNO. The van der Waals surface area contributed by atoms with E-state index in [1.807, 2.05) is 19.9 Å². The highest BCUT2D eigenvalue weighted by Gasteiger charge is 2.17. The molecule has 0 amide bonds. The minimum absolute atomic E-state index is 0.206. The second kappa shape index (κ2) is 5.97. The molecule has 1 aromatic carbocycles. The van der Waals surface area contributed by atoms with Gasteiger partial charge in [0.2, 0.25) is 0 Å². The lowest BCUT2D eigenvalue weighted by Gasteiger charge is -2.20. The first-order valence-corrected chi connectivity index (χ1v) is 5.56. The molecule has 0 aromatic heterocycles. The molecule has 0 saturated heterocycles. The highest BCUT2D eigenvalue weighted by atomic mass is 19.1. The highest BCUT2D eigenvalue weighted by molar-refractivity contribution is 5.26. The molecule has 3 heteroatoms. The number of methoxy groups -OCH3 is 1. The van der Waals surface area contributed by atoms with E-state index < -0.39 is 0 Å². The molecule has 0 bridgehead atoms. The zero-order chi connectivity index (χ0) is 12.1. The monoisotopic (exact) mass is 225 g/mol. The molecule has 0 heterocycles. The number of ether oxygens (including phenoxy) is 1. The fraction of sp³-hybridized carbons (Fsp3) is 0.538. The molecule has 0 saturated carbocycles. The van der Waals surface area contributed by atoms with Crippen molar-refractivity contribution >= 4 is 0 Å². The molecule has 0 spiro atoms. The van der Waals surface area contributed by atoms with Crippen molar-refractivity contribution in [3.63, 3.8) is 0 Å². The quantitative estimate of drug-likeness (QED) is 0.836. The molecule has 0 aliphatic rings. The zero-order valence-corrected chi connectivity index (χ0v) is 10.2. The van der Waals surface area contributed by atoms with Crippen molar-refractivity contribution in [3.05, 3.63) is 35.1 Å². The van der Waals surface area contributed by atoms with E-state index in [9.17, 15) is 4.39 Å². The number of halogens is 1. The second-order valence-electron chi connectivity index (χ2n) is 4.31. The van der Waals surface area contributed by atoms with Crippen LogP contribution >= 0.6 is 0 Å². The summed E-state index contributed by atoms with van der Waals surface area (Å²) in [5.74, 6) is -0.00563. The van der Waals surface area contributed by atoms with Crippen LogP contribution in [0, 0.1) is 18.7 Å². The average Bonchev–Trinajstić information content (AvgIpc) is 2.25. The third-order valence-electron chi connectivity index (χ3n) is 2.91. The lowest BCUT2D eigenvalue weighted by Crippen LogP contribution is -2.21. The van der Waals surface area contributed by atoms with Crippen LogP contribution in [0.5, 0.6) is 0 Å². The fourth-order valence-corrected chi connectivity index (χ4v) is 1.69. The van der Waals surface area contributed by atoms with Crippen LogP contribution in [0.3, 0.4) is 0 Å². The number of rotatable bonds is 5. The van der Waals surface area contributed by atoms with Crippen molar-refractivity contribution in [2.45, 2.75) is 26.3 Å². The van der Waals surface area contributed by atoms with Crippen molar-refractivity contribution in [1.82, 2.24) is 0 Å². The summed E-state index contributed by atoms with van der Waals surface area (Å²) in [6.07, 6.45) is 0.838. The van der Waals surface area contributed by atoms with E-state index in [-0.39, 0.29) is 17.8 Å². The third kappa shape index (κ3) is 3.29. The van der Waals surface area contributed by atoms with Crippen LogP contribution in [0.15, 0.2) is 18.2 Å². The van der Waals surface area contributed by atoms with Crippen LogP contribution in [0.25, 0.3) is 0 Å². The predicted molar refractivity (Wildman–Crippen MR) is 63.7 cm³/mol. The van der Waals surface area contributed by atoms with Gasteiger partial charge in [-0.3, -0.25) is 0 Å². The predicted octanol–water partition coefficient (Wildman–Crippen LogP) is 2.81. The molecule has 2 N–H and O–H groups in total. The number of hydrogen-bond acceptors (Lipinski definition) is 2. The first-order chi connectivity index (χ1) is 7.56. The average molecular weight is 225 g/mol. The van der Waals surface area contributed by atoms with Crippen LogP contribution in [-0.4, -0.2) is 13.7 Å². The van der Waals surface area contributed by atoms with Gasteiger partial charge in [-0.05, 0) is 30.9 Å². The van der Waals surface area contributed by atoms with Gasteiger partial charge in [0.1, 0.15) is 5.82 Å². The zero-order valence-electron chi connectivity index (χ0n) is 10.2. The van der Waals surface area contributed by atoms with Crippen LogP contribution in [0.2, 0.25) is 0 Å². The molecule has 16 heavy (non-hydrogen) atoms. The minimum Gasteiger partial charge on any atom is -0.385 e. The summed E-state index contributed by atoms with van der Waals surface area (Å²) in [5, 5.41) is 0. The van der Waals surface area contributed by atoms with Gasteiger partial charge in [-0.2, -0.15) is 0 Å². The molecule has 0 radical (unpaired) electrons. The number of hydrogen-bond donors (Lipinski definition) is 1. The first-order valence-electron chi connectivity index (χ1n) is 5.56. The summed E-state index contributed by atoms with van der Waals surface area (Å²) in [7, 11) is 1.66. The van der Waals surface area contributed by atoms with E-state index in [0.717, 1.165) is 12.0 Å². The Morgan fingerprint density at radius 2 is 2.12 bits per heavy atom. The van der Waals surface area contributed by atoms with Gasteiger partial charge in [-0.25, -0.2) is 4.39 Å². The largest absolute Gasteiger partial charge is 0.385 e. The Morgan fingerprint density at radius 1 is 1.44 bits per heavy atom. The van der Waals surface area contributed by atoms with Crippen LogP contribution in [0.1, 0.15) is 30.5 Å². The summed E-state index contributed by atoms with van der Waals surface area (Å²) in [5.41, 5.74) is 7.54. The molecular weight excluding hydrogens is 205 g/mol. The van der Waals surface area contributed by atoms with Gasteiger partial charge in [-0.15, -0.1) is 0 Å². The summed E-state index contributed by atoms with van der Waals surface area (Å²) in [6.45, 7) is 4.54. The molecule has 2 unspecified atom stereocenters. The van der Waals surface area contributed by atoms with E-state index in [0.29, 0.717) is 12.2 Å². The highest BCUT2D eigenvalue weighted by Crippen LogP contribution is 2.24. The number of benzene rings is 1. The van der Waals surface area contributed by atoms with Gasteiger partial charge in [0, 0.05) is 25.3 Å². The third-order valence-corrected chi connectivity index (χ3v) is 2.91. The maximum Gasteiger partial charge on any atom is 0.128 e. The van der Waals surface area contributed by atoms with Gasteiger partial charge >= 0.3 is 0 Å². The van der Waals surface area contributed by atoms with E-state index in [2.05, 4.69) is 0 Å². The molecule has 0 aliphatic heterocycles. The lowest BCUT2D eigenvalue weighted by molar-refractivity contribution is 0.174.